The summed E-state index contributed by atoms with van der Waals surface area (Å²) >= 11 is 0. The fourth-order valence-electron chi connectivity index (χ4n) is 3.58. The average molecular weight is 411 g/mol. The second-order valence-electron chi connectivity index (χ2n) is 8.69. The van der Waals surface area contributed by atoms with Gasteiger partial charge in [-0.2, -0.15) is 4.98 Å². The van der Waals surface area contributed by atoms with Gasteiger partial charge in [-0.1, -0.05) is 56.3 Å². The van der Waals surface area contributed by atoms with Crippen LogP contribution < -0.4 is 0 Å². The predicted octanol–water partition coefficient (Wildman–Crippen LogP) is 4.83. The number of rotatable bonds is 4. The molecular weight excluding hydrogens is 388 g/mol. The average Bonchev–Trinajstić information content (AvgIpc) is 3.31. The highest BCUT2D eigenvalue weighted by Crippen LogP contribution is 2.31. The number of hydrogen-bond acceptors (Lipinski definition) is 4. The second-order valence-corrected chi connectivity index (χ2v) is 8.69. The molecule has 0 bridgehead atoms. The Morgan fingerprint density at radius 2 is 1.87 bits per heavy atom. The van der Waals surface area contributed by atoms with Crippen LogP contribution >= 0.6 is 0 Å². The lowest BCUT2D eigenvalue weighted by Gasteiger charge is -2.18. The smallest absolute Gasteiger partial charge is 0.232 e. The molecular formula is C23H23F2N3O2. The number of hydrogen-bond donors (Lipinski definition) is 0. The molecule has 1 aliphatic heterocycles. The molecule has 0 aliphatic carbocycles. The van der Waals surface area contributed by atoms with E-state index in [9.17, 15) is 13.6 Å². The van der Waals surface area contributed by atoms with E-state index in [4.69, 9.17) is 4.52 Å². The maximum atomic E-state index is 13.9. The lowest BCUT2D eigenvalue weighted by atomic mass is 9.87. The standard InChI is InChI=1S/C23H23F2N3O2/c1-23(2,3)17-7-4-14(5-8-17)21-26-22(30-27-21)16-10-20(29)28(13-16)12-15-6-9-18(24)11-19(15)25/h4-9,11,16H,10,12-13H2,1-3H3. The van der Waals surface area contributed by atoms with E-state index in [0.717, 1.165) is 11.6 Å². The molecule has 0 radical (unpaired) electrons. The third-order valence-electron chi connectivity index (χ3n) is 5.39. The van der Waals surface area contributed by atoms with E-state index in [1.165, 1.54) is 22.6 Å². The van der Waals surface area contributed by atoms with E-state index >= 15 is 0 Å². The highest BCUT2D eigenvalue weighted by molar-refractivity contribution is 5.79. The molecule has 2 aromatic carbocycles. The van der Waals surface area contributed by atoms with Crippen LogP contribution in [0.5, 0.6) is 0 Å². The summed E-state index contributed by atoms with van der Waals surface area (Å²) in [5.41, 5.74) is 2.38. The summed E-state index contributed by atoms with van der Waals surface area (Å²) < 4.78 is 32.4. The zero-order valence-corrected chi connectivity index (χ0v) is 17.2. The quantitative estimate of drug-likeness (QED) is 0.617. The van der Waals surface area contributed by atoms with Crippen molar-refractivity contribution in [2.75, 3.05) is 6.54 Å². The van der Waals surface area contributed by atoms with Gasteiger partial charge in [0.1, 0.15) is 11.6 Å². The summed E-state index contributed by atoms with van der Waals surface area (Å²) in [6.45, 7) is 6.87. The number of benzene rings is 2. The fourth-order valence-corrected chi connectivity index (χ4v) is 3.58. The molecule has 0 saturated carbocycles. The van der Waals surface area contributed by atoms with Crippen molar-refractivity contribution < 1.29 is 18.1 Å². The molecule has 0 N–H and O–H groups in total. The van der Waals surface area contributed by atoms with Gasteiger partial charge in [-0.25, -0.2) is 8.78 Å². The van der Waals surface area contributed by atoms with Gasteiger partial charge in [-0.15, -0.1) is 0 Å². The van der Waals surface area contributed by atoms with Crippen molar-refractivity contribution in [3.8, 4) is 11.4 Å². The van der Waals surface area contributed by atoms with Gasteiger partial charge in [-0.05, 0) is 17.0 Å². The van der Waals surface area contributed by atoms with Gasteiger partial charge in [0.15, 0.2) is 0 Å². The number of carbonyl (C=O) groups is 1. The monoisotopic (exact) mass is 411 g/mol. The minimum atomic E-state index is -0.662. The van der Waals surface area contributed by atoms with E-state index in [2.05, 4.69) is 30.9 Å². The largest absolute Gasteiger partial charge is 0.339 e. The Hall–Kier alpha value is -3.09. The van der Waals surface area contributed by atoms with E-state index in [0.29, 0.717) is 18.3 Å². The lowest BCUT2D eigenvalue weighted by Crippen LogP contribution is -2.25. The zero-order chi connectivity index (χ0) is 21.5. The second kappa shape index (κ2) is 7.63. The first-order valence-corrected chi connectivity index (χ1v) is 9.87. The maximum Gasteiger partial charge on any atom is 0.232 e. The maximum absolute atomic E-state index is 13.9. The molecule has 1 aliphatic rings. The van der Waals surface area contributed by atoms with Gasteiger partial charge >= 0.3 is 0 Å². The Kier molecular flexibility index (Phi) is 5.13. The number of likely N-dealkylation sites (tertiary alicyclic amines) is 1. The summed E-state index contributed by atoms with van der Waals surface area (Å²) in [5, 5.41) is 4.06. The Bertz CT molecular complexity index is 1070. The van der Waals surface area contributed by atoms with Crippen molar-refractivity contribution in [3.05, 3.63) is 71.1 Å². The van der Waals surface area contributed by atoms with Crippen LogP contribution in [0, 0.1) is 11.6 Å². The predicted molar refractivity (Wildman–Crippen MR) is 108 cm³/mol. The van der Waals surface area contributed by atoms with Gasteiger partial charge in [0.05, 0.1) is 5.92 Å². The van der Waals surface area contributed by atoms with Crippen LogP contribution in [0.3, 0.4) is 0 Å². The number of nitrogens with zero attached hydrogens (tertiary/aromatic N) is 3. The van der Waals surface area contributed by atoms with Crippen molar-refractivity contribution in [3.63, 3.8) is 0 Å². The van der Waals surface area contributed by atoms with Crippen molar-refractivity contribution in [2.24, 2.45) is 0 Å². The first-order chi connectivity index (χ1) is 14.2. The summed E-state index contributed by atoms with van der Waals surface area (Å²) in [5.74, 6) is -0.823. The molecule has 1 aromatic heterocycles. The summed E-state index contributed by atoms with van der Waals surface area (Å²) in [6, 6.07) is 11.4. The Morgan fingerprint density at radius 3 is 2.53 bits per heavy atom. The number of amides is 1. The molecule has 1 unspecified atom stereocenters. The minimum absolute atomic E-state index is 0.0542. The Balaban J connectivity index is 1.47. The van der Waals surface area contributed by atoms with Crippen molar-refractivity contribution in [2.45, 2.75) is 45.1 Å². The molecule has 1 atom stereocenters. The normalized spacial score (nSPS) is 17.0. The molecule has 0 spiro atoms. The summed E-state index contributed by atoms with van der Waals surface area (Å²) in [6.07, 6.45) is 0.216. The van der Waals surface area contributed by atoms with Crippen molar-refractivity contribution >= 4 is 5.91 Å². The molecule has 5 nitrogen and oxygen atoms in total. The van der Waals surface area contributed by atoms with Gasteiger partial charge in [-0.3, -0.25) is 4.79 Å². The van der Waals surface area contributed by atoms with Gasteiger partial charge in [0.2, 0.25) is 17.6 Å². The topological polar surface area (TPSA) is 59.2 Å². The summed E-state index contributed by atoms with van der Waals surface area (Å²) in [7, 11) is 0. The van der Waals surface area contributed by atoms with Crippen LogP contribution in [0.4, 0.5) is 8.78 Å². The molecule has 2 heterocycles. The third kappa shape index (κ3) is 4.10. The molecule has 1 saturated heterocycles. The number of carbonyl (C=O) groups excluding carboxylic acids is 1. The minimum Gasteiger partial charge on any atom is -0.339 e. The van der Waals surface area contributed by atoms with E-state index in [1.807, 2.05) is 24.3 Å². The first kappa shape index (κ1) is 20.2. The van der Waals surface area contributed by atoms with Crippen molar-refractivity contribution in [1.82, 2.24) is 15.0 Å². The molecule has 3 aromatic rings. The molecule has 30 heavy (non-hydrogen) atoms. The Morgan fingerprint density at radius 1 is 1.13 bits per heavy atom. The van der Waals surface area contributed by atoms with Crippen LogP contribution in [0.1, 0.15) is 50.1 Å². The van der Waals surface area contributed by atoms with Crippen molar-refractivity contribution in [1.29, 1.82) is 0 Å². The molecule has 1 amide bonds. The first-order valence-electron chi connectivity index (χ1n) is 9.87. The lowest BCUT2D eigenvalue weighted by molar-refractivity contribution is -0.128. The zero-order valence-electron chi connectivity index (χ0n) is 17.2. The van der Waals surface area contributed by atoms with Crippen LogP contribution in [-0.4, -0.2) is 27.5 Å². The highest BCUT2D eigenvalue weighted by Gasteiger charge is 2.34. The number of aromatic nitrogens is 2. The van der Waals surface area contributed by atoms with E-state index in [-0.39, 0.29) is 35.8 Å². The highest BCUT2D eigenvalue weighted by atomic mass is 19.1. The SMILES string of the molecule is CC(C)(C)c1ccc(-c2noc(C3CC(=O)N(Cc4ccc(F)cc4F)C3)n2)cc1. The summed E-state index contributed by atoms with van der Waals surface area (Å²) in [4.78, 5) is 18.4. The third-order valence-corrected chi connectivity index (χ3v) is 5.39. The molecule has 156 valence electrons. The number of halogens is 2. The fraction of sp³-hybridized carbons (Fsp3) is 0.348. The van der Waals surface area contributed by atoms with Crippen LogP contribution in [0.25, 0.3) is 11.4 Å². The van der Waals surface area contributed by atoms with Crippen LogP contribution in [-0.2, 0) is 16.8 Å². The Labute approximate surface area is 173 Å². The van der Waals surface area contributed by atoms with Crippen LogP contribution in [0.2, 0.25) is 0 Å². The van der Waals surface area contributed by atoms with Gasteiger partial charge in [0.25, 0.3) is 0 Å². The molecule has 7 heteroatoms. The van der Waals surface area contributed by atoms with E-state index < -0.39 is 11.6 Å². The molecule has 1 fully saturated rings. The molecule has 4 rings (SSSR count). The van der Waals surface area contributed by atoms with E-state index in [1.54, 1.807) is 0 Å². The van der Waals surface area contributed by atoms with Gasteiger partial charge in [0, 0.05) is 36.7 Å². The van der Waals surface area contributed by atoms with Gasteiger partial charge < -0.3 is 9.42 Å². The van der Waals surface area contributed by atoms with Crippen LogP contribution in [0.15, 0.2) is 47.0 Å².